The van der Waals surface area contributed by atoms with Crippen LogP contribution in [-0.4, -0.2) is 21.4 Å². The Hall–Kier alpha value is -2.80. The molecule has 4 nitrogen and oxygen atoms in total. The summed E-state index contributed by atoms with van der Waals surface area (Å²) in [5.74, 6) is 0.319. The standard InChI is InChI=1S/C17H15N3O/c1-17-8-7-13(21)9-15(17)14(10-18)16(19)20(17)11-12-5-3-2-4-6-12/h2-9,19,21H,11H2,1H3. The van der Waals surface area contributed by atoms with Crippen molar-refractivity contribution in [2.45, 2.75) is 19.0 Å². The number of aliphatic hydroxyl groups excluding tert-OH is 1. The Labute approximate surface area is 123 Å². The lowest BCUT2D eigenvalue weighted by atomic mass is 9.86. The molecule has 1 aromatic carbocycles. The maximum absolute atomic E-state index is 9.69. The topological polar surface area (TPSA) is 71.1 Å². The Morgan fingerprint density at radius 1 is 1.33 bits per heavy atom. The Bertz CT molecular complexity index is 737. The van der Waals surface area contributed by atoms with Gasteiger partial charge in [0.25, 0.3) is 0 Å². The fourth-order valence-corrected chi connectivity index (χ4v) is 2.86. The molecular weight excluding hydrogens is 262 g/mol. The zero-order valence-electron chi connectivity index (χ0n) is 11.7. The van der Waals surface area contributed by atoms with Gasteiger partial charge in [-0.1, -0.05) is 36.4 Å². The van der Waals surface area contributed by atoms with Gasteiger partial charge in [0.05, 0.1) is 11.1 Å². The summed E-state index contributed by atoms with van der Waals surface area (Å²) in [7, 11) is 0. The number of benzene rings is 1. The lowest BCUT2D eigenvalue weighted by Gasteiger charge is -2.37. The van der Waals surface area contributed by atoms with Crippen molar-refractivity contribution in [3.63, 3.8) is 0 Å². The summed E-state index contributed by atoms with van der Waals surface area (Å²) >= 11 is 0. The van der Waals surface area contributed by atoms with Crippen molar-refractivity contribution in [1.29, 1.82) is 10.7 Å². The summed E-state index contributed by atoms with van der Waals surface area (Å²) < 4.78 is 0. The molecule has 1 unspecified atom stereocenters. The van der Waals surface area contributed by atoms with Crippen LogP contribution in [0.3, 0.4) is 0 Å². The van der Waals surface area contributed by atoms with Crippen LogP contribution in [0, 0.1) is 16.7 Å². The van der Waals surface area contributed by atoms with Crippen LogP contribution >= 0.6 is 0 Å². The van der Waals surface area contributed by atoms with E-state index in [1.165, 1.54) is 0 Å². The minimum Gasteiger partial charge on any atom is -0.508 e. The lowest BCUT2D eigenvalue weighted by molar-refractivity contribution is 0.292. The molecule has 2 aliphatic rings. The summed E-state index contributed by atoms with van der Waals surface area (Å²) in [6.07, 6.45) is 5.05. The molecule has 104 valence electrons. The van der Waals surface area contributed by atoms with Gasteiger partial charge in [-0.25, -0.2) is 0 Å². The molecule has 0 saturated carbocycles. The van der Waals surface area contributed by atoms with Gasteiger partial charge in [-0.2, -0.15) is 5.26 Å². The largest absolute Gasteiger partial charge is 0.508 e. The van der Waals surface area contributed by atoms with Gasteiger partial charge in [-0.15, -0.1) is 0 Å². The van der Waals surface area contributed by atoms with Crippen molar-refractivity contribution in [3.8, 4) is 6.07 Å². The van der Waals surface area contributed by atoms with Gasteiger partial charge in [-0.05, 0) is 24.6 Å². The third-order valence-corrected chi connectivity index (χ3v) is 4.05. The van der Waals surface area contributed by atoms with Gasteiger partial charge in [0.2, 0.25) is 0 Å². The first kappa shape index (κ1) is 13.2. The number of fused-ring (bicyclic) bond motifs is 1. The van der Waals surface area contributed by atoms with E-state index in [0.717, 1.165) is 5.56 Å². The molecule has 0 spiro atoms. The molecule has 1 atom stereocenters. The van der Waals surface area contributed by atoms with Gasteiger partial charge in [0.1, 0.15) is 17.7 Å². The molecule has 0 fully saturated rings. The van der Waals surface area contributed by atoms with Crippen LogP contribution < -0.4 is 0 Å². The third kappa shape index (κ3) is 1.95. The van der Waals surface area contributed by atoms with E-state index in [2.05, 4.69) is 6.07 Å². The maximum atomic E-state index is 9.69. The molecule has 1 aliphatic heterocycles. The molecule has 0 saturated heterocycles. The highest BCUT2D eigenvalue weighted by Crippen LogP contribution is 2.41. The van der Waals surface area contributed by atoms with Crippen molar-refractivity contribution in [1.82, 2.24) is 4.90 Å². The average Bonchev–Trinajstić information content (AvgIpc) is 2.69. The van der Waals surface area contributed by atoms with Crippen molar-refractivity contribution < 1.29 is 5.11 Å². The second-order valence-corrected chi connectivity index (χ2v) is 5.37. The van der Waals surface area contributed by atoms with Crippen LogP contribution in [0.5, 0.6) is 0 Å². The van der Waals surface area contributed by atoms with E-state index in [1.807, 2.05) is 48.2 Å². The smallest absolute Gasteiger partial charge is 0.140 e. The number of nitrogens with one attached hydrogen (secondary N) is 1. The predicted octanol–water partition coefficient (Wildman–Crippen LogP) is 3.07. The quantitative estimate of drug-likeness (QED) is 0.872. The second-order valence-electron chi connectivity index (χ2n) is 5.37. The number of nitrogens with zero attached hydrogens (tertiary/aromatic N) is 2. The van der Waals surface area contributed by atoms with E-state index in [4.69, 9.17) is 5.41 Å². The Morgan fingerprint density at radius 2 is 2.05 bits per heavy atom. The molecule has 4 heteroatoms. The fraction of sp³-hybridized carbons (Fsp3) is 0.176. The summed E-state index contributed by atoms with van der Waals surface area (Å²) in [5, 5.41) is 27.3. The number of hydrogen-bond acceptors (Lipinski definition) is 3. The molecule has 0 bridgehead atoms. The zero-order chi connectivity index (χ0) is 15.0. The van der Waals surface area contributed by atoms with Crippen LogP contribution in [0.15, 0.2) is 65.5 Å². The number of hydrogen-bond donors (Lipinski definition) is 2. The summed E-state index contributed by atoms with van der Waals surface area (Å²) in [5.41, 5.74) is 1.52. The molecule has 0 amide bonds. The molecule has 0 radical (unpaired) electrons. The van der Waals surface area contributed by atoms with E-state index in [9.17, 15) is 10.4 Å². The van der Waals surface area contributed by atoms with E-state index in [1.54, 1.807) is 12.2 Å². The zero-order valence-corrected chi connectivity index (χ0v) is 11.7. The summed E-state index contributed by atoms with van der Waals surface area (Å²) in [6, 6.07) is 12.0. The fourth-order valence-electron chi connectivity index (χ4n) is 2.86. The van der Waals surface area contributed by atoms with Gasteiger partial charge in [-0.3, -0.25) is 5.41 Å². The lowest BCUT2D eigenvalue weighted by Crippen LogP contribution is -2.44. The number of allylic oxidation sites excluding steroid dienone is 1. The SMILES string of the molecule is CC12C=CC(O)=CC1=C(C#N)C(=N)N2Cc1ccccc1. The van der Waals surface area contributed by atoms with Gasteiger partial charge in [0.15, 0.2) is 0 Å². The molecule has 21 heavy (non-hydrogen) atoms. The molecule has 1 aromatic rings. The number of rotatable bonds is 2. The summed E-state index contributed by atoms with van der Waals surface area (Å²) in [4.78, 5) is 1.88. The van der Waals surface area contributed by atoms with Crippen LogP contribution in [0.1, 0.15) is 12.5 Å². The normalized spacial score (nSPS) is 23.9. The highest BCUT2D eigenvalue weighted by Gasteiger charge is 2.45. The maximum Gasteiger partial charge on any atom is 0.140 e. The van der Waals surface area contributed by atoms with E-state index in [0.29, 0.717) is 17.7 Å². The molecule has 1 aliphatic carbocycles. The summed E-state index contributed by atoms with van der Waals surface area (Å²) in [6.45, 7) is 2.51. The molecular formula is C17H15N3O. The van der Waals surface area contributed by atoms with E-state index < -0.39 is 5.54 Å². The van der Waals surface area contributed by atoms with Crippen LogP contribution in [-0.2, 0) is 6.54 Å². The highest BCUT2D eigenvalue weighted by atomic mass is 16.3. The predicted molar refractivity (Wildman–Crippen MR) is 80.6 cm³/mol. The Kier molecular flexibility index (Phi) is 2.91. The highest BCUT2D eigenvalue weighted by molar-refractivity contribution is 6.05. The molecule has 0 aromatic heterocycles. The van der Waals surface area contributed by atoms with Gasteiger partial charge >= 0.3 is 0 Å². The van der Waals surface area contributed by atoms with E-state index >= 15 is 0 Å². The van der Waals surface area contributed by atoms with Gasteiger partial charge in [0, 0.05) is 12.1 Å². The molecule has 1 heterocycles. The monoisotopic (exact) mass is 277 g/mol. The van der Waals surface area contributed by atoms with Gasteiger partial charge < -0.3 is 10.0 Å². The first-order valence-electron chi connectivity index (χ1n) is 6.71. The van der Waals surface area contributed by atoms with Crippen LogP contribution in [0.2, 0.25) is 0 Å². The first-order chi connectivity index (χ1) is 10.1. The van der Waals surface area contributed by atoms with Crippen molar-refractivity contribution in [2.24, 2.45) is 0 Å². The Morgan fingerprint density at radius 3 is 2.71 bits per heavy atom. The first-order valence-corrected chi connectivity index (χ1v) is 6.71. The minimum atomic E-state index is -0.565. The number of amidine groups is 1. The molecule has 3 rings (SSSR count). The van der Waals surface area contributed by atoms with Crippen LogP contribution in [0.4, 0.5) is 0 Å². The molecule has 2 N–H and O–H groups in total. The second kappa shape index (κ2) is 4.64. The van der Waals surface area contributed by atoms with Crippen molar-refractivity contribution in [3.05, 3.63) is 71.0 Å². The Balaban J connectivity index is 2.04. The third-order valence-electron chi connectivity index (χ3n) is 4.05. The van der Waals surface area contributed by atoms with Crippen molar-refractivity contribution >= 4 is 5.84 Å². The van der Waals surface area contributed by atoms with Crippen molar-refractivity contribution in [2.75, 3.05) is 0 Å². The minimum absolute atomic E-state index is 0.115. The van der Waals surface area contributed by atoms with Crippen LogP contribution in [0.25, 0.3) is 0 Å². The number of nitriles is 1. The van der Waals surface area contributed by atoms with E-state index in [-0.39, 0.29) is 11.6 Å². The number of aliphatic hydroxyl groups is 1. The average molecular weight is 277 g/mol.